The summed E-state index contributed by atoms with van der Waals surface area (Å²) >= 11 is 1.70. The van der Waals surface area contributed by atoms with Crippen LogP contribution in [0.1, 0.15) is 6.92 Å². The van der Waals surface area contributed by atoms with Gasteiger partial charge in [-0.3, -0.25) is 4.99 Å². The van der Waals surface area contributed by atoms with Gasteiger partial charge < -0.3 is 10.1 Å². The molecule has 0 aliphatic carbocycles. The van der Waals surface area contributed by atoms with E-state index in [1.54, 1.807) is 18.9 Å². The second-order valence-corrected chi connectivity index (χ2v) is 3.40. The number of ether oxygens (including phenoxy) is 1. The molecule has 0 radical (unpaired) electrons. The second kappa shape index (κ2) is 8.13. The third-order valence-corrected chi connectivity index (χ3v) is 2.01. The topological polar surface area (TPSA) is 33.6 Å². The highest BCUT2D eigenvalue weighted by molar-refractivity contribution is 7.98. The summed E-state index contributed by atoms with van der Waals surface area (Å²) in [6.07, 6.45) is 3.90. The third-order valence-electron chi connectivity index (χ3n) is 1.61. The van der Waals surface area contributed by atoms with E-state index in [9.17, 15) is 0 Å². The van der Waals surface area contributed by atoms with E-state index in [1.807, 2.05) is 26.4 Å². The third kappa shape index (κ3) is 5.71. The Bertz CT molecular complexity index is 190. The van der Waals surface area contributed by atoms with E-state index in [2.05, 4.69) is 10.3 Å². The van der Waals surface area contributed by atoms with Crippen LogP contribution in [-0.2, 0) is 4.74 Å². The van der Waals surface area contributed by atoms with Gasteiger partial charge in [0.25, 0.3) is 0 Å². The number of nitrogens with zero attached hydrogens (tertiary/aromatic N) is 1. The summed E-state index contributed by atoms with van der Waals surface area (Å²) in [6.45, 7) is 2.62. The van der Waals surface area contributed by atoms with Crippen molar-refractivity contribution in [1.29, 1.82) is 0 Å². The van der Waals surface area contributed by atoms with Crippen molar-refractivity contribution in [2.24, 2.45) is 4.99 Å². The Labute approximate surface area is 84.7 Å². The molecule has 0 spiro atoms. The molecule has 76 valence electrons. The van der Waals surface area contributed by atoms with E-state index < -0.39 is 0 Å². The molecule has 0 aromatic rings. The summed E-state index contributed by atoms with van der Waals surface area (Å²) in [6, 6.07) is 0. The van der Waals surface area contributed by atoms with Crippen LogP contribution in [0.15, 0.2) is 16.3 Å². The van der Waals surface area contributed by atoms with Crippen molar-refractivity contribution in [1.82, 2.24) is 5.32 Å². The van der Waals surface area contributed by atoms with Crippen molar-refractivity contribution in [2.45, 2.75) is 6.92 Å². The molecule has 0 rings (SSSR count). The van der Waals surface area contributed by atoms with Crippen LogP contribution < -0.4 is 5.32 Å². The SMILES string of the molecule is CN/C(C)=C(\C=NCSC)COC. The standard InChI is InChI=1S/C9H18N2OS/c1-8(10-2)9(6-12-3)5-11-7-13-4/h5,10H,6-7H2,1-4H3/b9-8+,11-5?. The summed E-state index contributed by atoms with van der Waals surface area (Å²) < 4.78 is 5.06. The molecule has 0 amide bonds. The van der Waals surface area contributed by atoms with E-state index in [4.69, 9.17) is 4.74 Å². The van der Waals surface area contributed by atoms with Crippen molar-refractivity contribution in [3.05, 3.63) is 11.3 Å². The second-order valence-electron chi connectivity index (χ2n) is 2.56. The quantitative estimate of drug-likeness (QED) is 0.663. The fraction of sp³-hybridized carbons (Fsp3) is 0.667. The van der Waals surface area contributed by atoms with Crippen molar-refractivity contribution >= 4 is 18.0 Å². The number of rotatable bonds is 6. The zero-order chi connectivity index (χ0) is 10.1. The molecule has 0 saturated carbocycles. The van der Waals surface area contributed by atoms with E-state index in [0.29, 0.717) is 6.61 Å². The lowest BCUT2D eigenvalue weighted by Crippen LogP contribution is -2.10. The maximum Gasteiger partial charge on any atom is 0.0841 e. The van der Waals surface area contributed by atoms with Gasteiger partial charge in [-0.2, -0.15) is 0 Å². The van der Waals surface area contributed by atoms with Gasteiger partial charge in [-0.05, 0) is 13.2 Å². The van der Waals surface area contributed by atoms with Crippen molar-refractivity contribution in [3.8, 4) is 0 Å². The minimum Gasteiger partial charge on any atom is -0.391 e. The largest absolute Gasteiger partial charge is 0.391 e. The molecule has 0 aliphatic heterocycles. The summed E-state index contributed by atoms with van der Waals surface area (Å²) in [7, 11) is 3.58. The minimum absolute atomic E-state index is 0.602. The normalized spacial score (nSPS) is 13.2. The predicted molar refractivity (Wildman–Crippen MR) is 60.5 cm³/mol. The average molecular weight is 202 g/mol. The summed E-state index contributed by atoms with van der Waals surface area (Å²) in [4.78, 5) is 4.24. The molecular formula is C9H18N2OS. The molecule has 0 aromatic carbocycles. The Hall–Kier alpha value is -0.480. The number of hydrogen-bond acceptors (Lipinski definition) is 4. The van der Waals surface area contributed by atoms with Crippen LogP contribution in [0.2, 0.25) is 0 Å². The van der Waals surface area contributed by atoms with Gasteiger partial charge in [0, 0.05) is 31.6 Å². The molecule has 0 heterocycles. The Morgan fingerprint density at radius 3 is 2.77 bits per heavy atom. The molecule has 0 unspecified atom stereocenters. The smallest absolute Gasteiger partial charge is 0.0841 e. The first-order valence-electron chi connectivity index (χ1n) is 4.11. The zero-order valence-electron chi connectivity index (χ0n) is 8.76. The fourth-order valence-electron chi connectivity index (χ4n) is 0.780. The highest BCUT2D eigenvalue weighted by Gasteiger charge is 1.96. The summed E-state index contributed by atoms with van der Waals surface area (Å²) in [5.41, 5.74) is 2.20. The average Bonchev–Trinajstić information content (AvgIpc) is 2.16. The van der Waals surface area contributed by atoms with Gasteiger partial charge in [0.1, 0.15) is 0 Å². The number of hydrogen-bond donors (Lipinski definition) is 1. The Morgan fingerprint density at radius 2 is 2.31 bits per heavy atom. The van der Waals surface area contributed by atoms with Gasteiger partial charge in [-0.1, -0.05) is 0 Å². The molecule has 0 aromatic heterocycles. The van der Waals surface area contributed by atoms with Crippen molar-refractivity contribution in [2.75, 3.05) is 32.9 Å². The van der Waals surface area contributed by atoms with Crippen LogP contribution in [0.5, 0.6) is 0 Å². The highest BCUT2D eigenvalue weighted by atomic mass is 32.2. The number of nitrogens with one attached hydrogen (secondary N) is 1. The molecule has 13 heavy (non-hydrogen) atoms. The maximum absolute atomic E-state index is 5.06. The van der Waals surface area contributed by atoms with Crippen LogP contribution in [0.4, 0.5) is 0 Å². The minimum atomic E-state index is 0.602. The molecule has 3 nitrogen and oxygen atoms in total. The van der Waals surface area contributed by atoms with E-state index in [0.717, 1.165) is 17.1 Å². The summed E-state index contributed by atoms with van der Waals surface area (Å²) in [5, 5.41) is 3.08. The van der Waals surface area contributed by atoms with Crippen LogP contribution >= 0.6 is 11.8 Å². The van der Waals surface area contributed by atoms with E-state index >= 15 is 0 Å². The molecular weight excluding hydrogens is 184 g/mol. The molecule has 4 heteroatoms. The van der Waals surface area contributed by atoms with Crippen LogP contribution in [0.25, 0.3) is 0 Å². The first-order valence-corrected chi connectivity index (χ1v) is 5.50. The molecule has 0 atom stereocenters. The first-order chi connectivity index (χ1) is 6.26. The Balaban J connectivity index is 4.25. The number of methoxy groups -OCH3 is 1. The Kier molecular flexibility index (Phi) is 7.83. The van der Waals surface area contributed by atoms with E-state index in [-0.39, 0.29) is 0 Å². The van der Waals surface area contributed by atoms with Crippen LogP contribution in [0, 0.1) is 0 Å². The van der Waals surface area contributed by atoms with Crippen LogP contribution in [0.3, 0.4) is 0 Å². The highest BCUT2D eigenvalue weighted by Crippen LogP contribution is 1.99. The number of allylic oxidation sites excluding steroid dienone is 1. The van der Waals surface area contributed by atoms with Crippen molar-refractivity contribution < 1.29 is 4.74 Å². The van der Waals surface area contributed by atoms with Crippen molar-refractivity contribution in [3.63, 3.8) is 0 Å². The van der Waals surface area contributed by atoms with Gasteiger partial charge in [-0.25, -0.2) is 0 Å². The van der Waals surface area contributed by atoms with Crippen LogP contribution in [-0.4, -0.2) is 39.1 Å². The van der Waals surface area contributed by atoms with Gasteiger partial charge in [0.05, 0.1) is 12.5 Å². The molecule has 1 N–H and O–H groups in total. The van der Waals surface area contributed by atoms with E-state index in [1.165, 1.54) is 0 Å². The monoisotopic (exact) mass is 202 g/mol. The molecule has 0 bridgehead atoms. The zero-order valence-corrected chi connectivity index (χ0v) is 9.57. The summed E-state index contributed by atoms with van der Waals surface area (Å²) in [5.74, 6) is 0.796. The lowest BCUT2D eigenvalue weighted by atomic mass is 10.2. The molecule has 0 aliphatic rings. The number of thioether (sulfide) groups is 1. The lowest BCUT2D eigenvalue weighted by Gasteiger charge is -2.06. The lowest BCUT2D eigenvalue weighted by molar-refractivity contribution is 0.229. The fourth-order valence-corrected chi connectivity index (χ4v) is 1.00. The Morgan fingerprint density at radius 1 is 1.62 bits per heavy atom. The van der Waals surface area contributed by atoms with Gasteiger partial charge in [0.15, 0.2) is 0 Å². The number of aliphatic imine (C=N–C) groups is 1. The molecule has 0 saturated heterocycles. The van der Waals surface area contributed by atoms with Gasteiger partial charge in [0.2, 0.25) is 0 Å². The predicted octanol–water partition coefficient (Wildman–Crippen LogP) is 1.52. The maximum atomic E-state index is 5.06. The van der Waals surface area contributed by atoms with Gasteiger partial charge in [-0.15, -0.1) is 11.8 Å². The first kappa shape index (κ1) is 12.5. The molecule has 0 fully saturated rings. The van der Waals surface area contributed by atoms with Gasteiger partial charge >= 0.3 is 0 Å².